The maximum Gasteiger partial charge on any atom is 0.123 e. The van der Waals surface area contributed by atoms with E-state index in [1.165, 1.54) is 25.5 Å². The second kappa shape index (κ2) is 2.09. The van der Waals surface area contributed by atoms with Crippen LogP contribution in [0, 0.1) is 23.2 Å². The Morgan fingerprint density at radius 1 is 1.45 bits per heavy atom. The van der Waals surface area contributed by atoms with Gasteiger partial charge in [0.25, 0.3) is 0 Å². The van der Waals surface area contributed by atoms with Crippen LogP contribution in [-0.4, -0.2) is 6.29 Å². The molecule has 2 aliphatic carbocycles. The first-order valence-corrected chi connectivity index (χ1v) is 4.66. The van der Waals surface area contributed by atoms with Crippen LogP contribution in [0.2, 0.25) is 0 Å². The molecule has 0 spiro atoms. The third-order valence-corrected chi connectivity index (χ3v) is 4.20. The normalized spacial score (nSPS) is 54.9. The highest BCUT2D eigenvalue weighted by atomic mass is 16.1. The average Bonchev–Trinajstić information content (AvgIpc) is 2.58. The van der Waals surface area contributed by atoms with Gasteiger partial charge in [0, 0.05) is 5.92 Å². The third-order valence-electron chi connectivity index (χ3n) is 4.20. The van der Waals surface area contributed by atoms with Crippen molar-refractivity contribution in [3.63, 3.8) is 0 Å². The van der Waals surface area contributed by atoms with Crippen molar-refractivity contribution in [2.45, 2.75) is 33.1 Å². The van der Waals surface area contributed by atoms with Gasteiger partial charge in [-0.05, 0) is 23.7 Å². The molecule has 62 valence electrons. The lowest BCUT2D eigenvalue weighted by Gasteiger charge is -2.25. The molecule has 0 amide bonds. The number of aldehydes is 1. The summed E-state index contributed by atoms with van der Waals surface area (Å²) in [5.41, 5.74) is 0.403. The fraction of sp³-hybridized carbons (Fsp3) is 0.900. The molecule has 4 atom stereocenters. The predicted molar refractivity (Wildman–Crippen MR) is 44.2 cm³/mol. The molecule has 2 aliphatic rings. The maximum atomic E-state index is 10.7. The van der Waals surface area contributed by atoms with Crippen LogP contribution in [0.15, 0.2) is 0 Å². The van der Waals surface area contributed by atoms with Crippen LogP contribution in [0.1, 0.15) is 33.1 Å². The largest absolute Gasteiger partial charge is 0.303 e. The van der Waals surface area contributed by atoms with Crippen molar-refractivity contribution in [1.82, 2.24) is 0 Å². The first-order chi connectivity index (χ1) is 5.21. The van der Waals surface area contributed by atoms with E-state index < -0.39 is 0 Å². The fourth-order valence-electron chi connectivity index (χ4n) is 3.04. The molecule has 0 radical (unpaired) electrons. The Bertz CT molecular complexity index is 187. The Kier molecular flexibility index (Phi) is 1.39. The standard InChI is InChI=1S/C10H16O/c1-7-4-3-5-8-9(6-11)10(7,8)2/h6-9H,3-5H2,1-2H3. The number of fused-ring (bicyclic) bond motifs is 1. The van der Waals surface area contributed by atoms with Crippen LogP contribution in [0.25, 0.3) is 0 Å². The summed E-state index contributed by atoms with van der Waals surface area (Å²) in [6.07, 6.45) is 5.15. The van der Waals surface area contributed by atoms with Crippen LogP contribution in [-0.2, 0) is 4.79 Å². The molecule has 0 aromatic carbocycles. The van der Waals surface area contributed by atoms with Gasteiger partial charge in [-0.15, -0.1) is 0 Å². The van der Waals surface area contributed by atoms with E-state index in [4.69, 9.17) is 0 Å². The highest BCUT2D eigenvalue weighted by Crippen LogP contribution is 2.67. The monoisotopic (exact) mass is 152 g/mol. The Morgan fingerprint density at radius 2 is 2.18 bits per heavy atom. The summed E-state index contributed by atoms with van der Waals surface area (Å²) in [5.74, 6) is 1.92. The smallest absolute Gasteiger partial charge is 0.123 e. The number of hydrogen-bond donors (Lipinski definition) is 0. The molecule has 1 nitrogen and oxygen atoms in total. The first kappa shape index (κ1) is 7.33. The summed E-state index contributed by atoms with van der Waals surface area (Å²) in [5, 5.41) is 0. The zero-order valence-corrected chi connectivity index (χ0v) is 7.34. The Hall–Kier alpha value is -0.330. The van der Waals surface area contributed by atoms with Gasteiger partial charge in [0.15, 0.2) is 0 Å². The minimum absolute atomic E-state index is 0.403. The van der Waals surface area contributed by atoms with Crippen molar-refractivity contribution >= 4 is 6.29 Å². The van der Waals surface area contributed by atoms with E-state index in [1.54, 1.807) is 0 Å². The molecule has 2 saturated carbocycles. The topological polar surface area (TPSA) is 17.1 Å². The Balaban J connectivity index is 2.18. The van der Waals surface area contributed by atoms with Gasteiger partial charge in [-0.1, -0.05) is 26.7 Å². The fourth-order valence-corrected chi connectivity index (χ4v) is 3.04. The van der Waals surface area contributed by atoms with Crippen LogP contribution in [0.5, 0.6) is 0 Å². The molecule has 0 aromatic rings. The number of rotatable bonds is 1. The molecule has 0 aliphatic heterocycles. The van der Waals surface area contributed by atoms with E-state index >= 15 is 0 Å². The lowest BCUT2D eigenvalue weighted by atomic mass is 9.80. The number of hydrogen-bond acceptors (Lipinski definition) is 1. The number of carbonyl (C=O) groups is 1. The molecule has 0 bridgehead atoms. The van der Waals surface area contributed by atoms with E-state index in [-0.39, 0.29) is 0 Å². The van der Waals surface area contributed by atoms with E-state index in [1.807, 2.05) is 0 Å². The van der Waals surface area contributed by atoms with E-state index in [0.717, 1.165) is 11.8 Å². The minimum Gasteiger partial charge on any atom is -0.303 e. The van der Waals surface area contributed by atoms with Gasteiger partial charge in [0.2, 0.25) is 0 Å². The lowest BCUT2D eigenvalue weighted by Crippen LogP contribution is -2.16. The van der Waals surface area contributed by atoms with Gasteiger partial charge in [-0.25, -0.2) is 0 Å². The number of carbonyl (C=O) groups excluding carboxylic acids is 1. The van der Waals surface area contributed by atoms with Crippen LogP contribution < -0.4 is 0 Å². The Labute approximate surface area is 68.2 Å². The highest BCUT2D eigenvalue weighted by Gasteiger charge is 2.64. The molecular weight excluding hydrogens is 136 g/mol. The molecule has 0 heterocycles. The van der Waals surface area contributed by atoms with Gasteiger partial charge in [-0.3, -0.25) is 0 Å². The average molecular weight is 152 g/mol. The lowest BCUT2D eigenvalue weighted by molar-refractivity contribution is -0.109. The van der Waals surface area contributed by atoms with Crippen molar-refractivity contribution in [3.8, 4) is 0 Å². The van der Waals surface area contributed by atoms with Crippen LogP contribution in [0.3, 0.4) is 0 Å². The van der Waals surface area contributed by atoms with E-state index in [9.17, 15) is 4.79 Å². The van der Waals surface area contributed by atoms with Crippen molar-refractivity contribution < 1.29 is 4.79 Å². The Morgan fingerprint density at radius 3 is 2.73 bits per heavy atom. The quantitative estimate of drug-likeness (QED) is 0.527. The van der Waals surface area contributed by atoms with Gasteiger partial charge in [0.05, 0.1) is 0 Å². The summed E-state index contributed by atoms with van der Waals surface area (Å²) < 4.78 is 0. The molecule has 11 heavy (non-hydrogen) atoms. The van der Waals surface area contributed by atoms with Crippen molar-refractivity contribution in [2.24, 2.45) is 23.2 Å². The molecule has 1 heteroatoms. The predicted octanol–water partition coefficient (Wildman–Crippen LogP) is 2.26. The summed E-state index contributed by atoms with van der Waals surface area (Å²) in [7, 11) is 0. The van der Waals surface area contributed by atoms with Crippen molar-refractivity contribution in [2.75, 3.05) is 0 Å². The van der Waals surface area contributed by atoms with Crippen molar-refractivity contribution in [3.05, 3.63) is 0 Å². The van der Waals surface area contributed by atoms with Crippen molar-refractivity contribution in [1.29, 1.82) is 0 Å². The van der Waals surface area contributed by atoms with Crippen LogP contribution in [0.4, 0.5) is 0 Å². The summed E-state index contributed by atoms with van der Waals surface area (Å²) in [6.45, 7) is 4.59. The summed E-state index contributed by atoms with van der Waals surface area (Å²) in [6, 6.07) is 0. The zero-order valence-electron chi connectivity index (χ0n) is 7.34. The van der Waals surface area contributed by atoms with Crippen LogP contribution >= 0.6 is 0 Å². The summed E-state index contributed by atoms with van der Waals surface area (Å²) >= 11 is 0. The van der Waals surface area contributed by atoms with Gasteiger partial charge >= 0.3 is 0 Å². The molecule has 0 N–H and O–H groups in total. The molecule has 2 rings (SSSR count). The second-order valence-corrected chi connectivity index (χ2v) is 4.47. The molecule has 2 fully saturated rings. The maximum absolute atomic E-state index is 10.7. The molecular formula is C10H16O. The molecule has 0 aromatic heterocycles. The summed E-state index contributed by atoms with van der Waals surface area (Å²) in [4.78, 5) is 10.7. The molecule has 4 unspecified atom stereocenters. The minimum atomic E-state index is 0.403. The van der Waals surface area contributed by atoms with Gasteiger partial charge in [0.1, 0.15) is 6.29 Å². The highest BCUT2D eigenvalue weighted by molar-refractivity contribution is 5.61. The SMILES string of the molecule is CC1CCCC2C(C=O)C12C. The molecule has 0 saturated heterocycles. The van der Waals surface area contributed by atoms with E-state index in [0.29, 0.717) is 11.3 Å². The first-order valence-electron chi connectivity index (χ1n) is 4.66. The second-order valence-electron chi connectivity index (χ2n) is 4.47. The third kappa shape index (κ3) is 0.743. The van der Waals surface area contributed by atoms with E-state index in [2.05, 4.69) is 13.8 Å². The van der Waals surface area contributed by atoms with Gasteiger partial charge in [-0.2, -0.15) is 0 Å². The van der Waals surface area contributed by atoms with Gasteiger partial charge < -0.3 is 4.79 Å². The zero-order chi connectivity index (χ0) is 8.06.